The van der Waals surface area contributed by atoms with Crippen LogP contribution >= 0.6 is 23.4 Å². The summed E-state index contributed by atoms with van der Waals surface area (Å²) < 4.78 is 1.88. The van der Waals surface area contributed by atoms with Gasteiger partial charge in [-0.3, -0.25) is 4.79 Å². The zero-order chi connectivity index (χ0) is 24.5. The van der Waals surface area contributed by atoms with Crippen LogP contribution in [0, 0.1) is 0 Å². The van der Waals surface area contributed by atoms with E-state index >= 15 is 0 Å². The minimum Gasteiger partial charge on any atom is -0.375 e. The molecule has 2 N–H and O–H groups in total. The van der Waals surface area contributed by atoms with Gasteiger partial charge in [0.15, 0.2) is 11.0 Å². The number of aromatic nitrogens is 3. The Morgan fingerprint density at radius 2 is 1.94 bits per heavy atom. The zero-order valence-corrected chi connectivity index (χ0v) is 21.4. The maximum Gasteiger partial charge on any atom is 0.250 e. The number of carbonyl (C=O) groups excluding carboxylic acids is 1. The summed E-state index contributed by atoms with van der Waals surface area (Å²) in [5.74, 6) is 0.727. The summed E-state index contributed by atoms with van der Waals surface area (Å²) in [6, 6.07) is 15.5. The Kier molecular flexibility index (Phi) is 9.35. The molecule has 0 unspecified atom stereocenters. The van der Waals surface area contributed by atoms with Crippen molar-refractivity contribution in [1.29, 1.82) is 0 Å². The van der Waals surface area contributed by atoms with Crippen LogP contribution in [-0.2, 0) is 11.8 Å². The highest BCUT2D eigenvalue weighted by Gasteiger charge is 2.16. The van der Waals surface area contributed by atoms with Crippen LogP contribution in [0.5, 0.6) is 0 Å². The fraction of sp³-hybridized carbons (Fsp3) is 0.333. The molecule has 1 atom stereocenters. The highest BCUT2D eigenvalue weighted by Crippen LogP contribution is 2.23. The zero-order valence-electron chi connectivity index (χ0n) is 19.8. The molecule has 0 radical (unpaired) electrons. The Labute approximate surface area is 209 Å². The van der Waals surface area contributed by atoms with Crippen molar-refractivity contribution in [2.24, 2.45) is 12.1 Å². The van der Waals surface area contributed by atoms with Gasteiger partial charge in [0.2, 0.25) is 0 Å². The van der Waals surface area contributed by atoms with Crippen molar-refractivity contribution in [2.45, 2.75) is 32.0 Å². The molecule has 3 aromatic rings. The van der Waals surface area contributed by atoms with E-state index in [2.05, 4.69) is 56.9 Å². The van der Waals surface area contributed by atoms with Crippen LogP contribution in [0.4, 0.5) is 11.4 Å². The number of nitrogens with zero attached hydrogens (tertiary/aromatic N) is 5. The molecular formula is C24H30ClN7OS. The first-order valence-electron chi connectivity index (χ1n) is 11.1. The van der Waals surface area contributed by atoms with Gasteiger partial charge in [-0.25, -0.2) is 5.43 Å². The van der Waals surface area contributed by atoms with Crippen molar-refractivity contribution in [3.8, 4) is 0 Å². The molecule has 8 nitrogen and oxygen atoms in total. The first-order valence-corrected chi connectivity index (χ1v) is 12.5. The predicted octanol–water partition coefficient (Wildman–Crippen LogP) is 4.73. The second-order valence-electron chi connectivity index (χ2n) is 7.62. The second kappa shape index (κ2) is 12.4. The number of amides is 1. The number of hydrogen-bond donors (Lipinski definition) is 2. The minimum atomic E-state index is -0.212. The molecule has 3 rings (SSSR count). The molecule has 0 aliphatic heterocycles. The smallest absolute Gasteiger partial charge is 0.250 e. The second-order valence-corrected chi connectivity index (χ2v) is 9.00. The van der Waals surface area contributed by atoms with Crippen molar-refractivity contribution < 1.29 is 4.79 Å². The molecule has 0 aliphatic carbocycles. The molecule has 0 saturated heterocycles. The van der Waals surface area contributed by atoms with E-state index in [4.69, 9.17) is 11.6 Å². The minimum absolute atomic E-state index is 0.0862. The Morgan fingerprint density at radius 1 is 1.21 bits per heavy atom. The number of anilines is 2. The quantitative estimate of drug-likeness (QED) is 0.225. The lowest BCUT2D eigenvalue weighted by molar-refractivity contribution is -0.118. The maximum absolute atomic E-state index is 12.2. The van der Waals surface area contributed by atoms with E-state index in [-0.39, 0.29) is 17.7 Å². The lowest BCUT2D eigenvalue weighted by Crippen LogP contribution is -2.21. The molecule has 1 aromatic heterocycles. The fourth-order valence-electron chi connectivity index (χ4n) is 3.42. The van der Waals surface area contributed by atoms with Gasteiger partial charge in [0.05, 0.1) is 18.0 Å². The molecule has 0 fully saturated rings. The molecular weight excluding hydrogens is 470 g/mol. The average Bonchev–Trinajstić information content (AvgIpc) is 3.20. The van der Waals surface area contributed by atoms with Gasteiger partial charge in [-0.05, 0) is 56.7 Å². The molecule has 180 valence electrons. The molecule has 34 heavy (non-hydrogen) atoms. The molecule has 0 bridgehead atoms. The van der Waals surface area contributed by atoms with Gasteiger partial charge in [0.1, 0.15) is 0 Å². The van der Waals surface area contributed by atoms with Crippen molar-refractivity contribution in [1.82, 2.24) is 20.2 Å². The van der Waals surface area contributed by atoms with Crippen LogP contribution in [0.2, 0.25) is 5.02 Å². The molecule has 0 saturated carbocycles. The summed E-state index contributed by atoms with van der Waals surface area (Å²) in [7, 11) is 1.88. The highest BCUT2D eigenvalue weighted by atomic mass is 35.5. The number of nitrogens with one attached hydrogen (secondary N) is 2. The highest BCUT2D eigenvalue weighted by molar-refractivity contribution is 7.99. The number of benzene rings is 2. The van der Waals surface area contributed by atoms with Crippen LogP contribution in [-0.4, -0.2) is 45.7 Å². The van der Waals surface area contributed by atoms with E-state index in [0.29, 0.717) is 10.2 Å². The summed E-state index contributed by atoms with van der Waals surface area (Å²) in [5.41, 5.74) is 5.55. The predicted molar refractivity (Wildman–Crippen MR) is 141 cm³/mol. The standard InChI is InChI=1S/C24H30ClN7OS/c1-5-32(6-2)21-12-10-18(11-13-21)15-26-28-22(33)16-34-24-30-29-23(31(24)4)17(3)27-20-9-7-8-19(25)14-20/h7-15,17,27H,5-6,16H2,1-4H3,(H,28,33)/t17-/m0/s1. The third-order valence-corrected chi connectivity index (χ3v) is 6.48. The SMILES string of the molecule is CCN(CC)c1ccc(C=NNC(=O)CSc2nnc([C@H](C)Nc3cccc(Cl)c3)n2C)cc1. The first-order chi connectivity index (χ1) is 16.4. The van der Waals surface area contributed by atoms with Gasteiger partial charge in [-0.2, -0.15) is 5.10 Å². The van der Waals surface area contributed by atoms with E-state index in [1.807, 2.05) is 54.9 Å². The molecule has 1 amide bonds. The fourth-order valence-corrected chi connectivity index (χ4v) is 4.32. The lowest BCUT2D eigenvalue weighted by Gasteiger charge is -2.20. The van der Waals surface area contributed by atoms with E-state index in [1.165, 1.54) is 17.4 Å². The van der Waals surface area contributed by atoms with Crippen molar-refractivity contribution >= 4 is 46.9 Å². The summed E-state index contributed by atoms with van der Waals surface area (Å²) in [5, 5.41) is 17.2. The van der Waals surface area contributed by atoms with E-state index in [0.717, 1.165) is 30.2 Å². The third kappa shape index (κ3) is 6.98. The largest absolute Gasteiger partial charge is 0.375 e. The van der Waals surface area contributed by atoms with Crippen molar-refractivity contribution in [3.05, 3.63) is 64.9 Å². The van der Waals surface area contributed by atoms with Crippen LogP contribution in [0.3, 0.4) is 0 Å². The maximum atomic E-state index is 12.2. The Balaban J connectivity index is 1.49. The van der Waals surface area contributed by atoms with Crippen LogP contribution in [0.1, 0.15) is 38.2 Å². The number of hydrogen-bond acceptors (Lipinski definition) is 7. The lowest BCUT2D eigenvalue weighted by atomic mass is 10.2. The summed E-state index contributed by atoms with van der Waals surface area (Å²) in [6.45, 7) is 8.18. The molecule has 1 heterocycles. The molecule has 10 heteroatoms. The molecule has 2 aromatic carbocycles. The van der Waals surface area contributed by atoms with Crippen molar-refractivity contribution in [2.75, 3.05) is 29.1 Å². The monoisotopic (exact) mass is 499 g/mol. The Morgan fingerprint density at radius 3 is 2.62 bits per heavy atom. The Hall–Kier alpha value is -3.04. The average molecular weight is 500 g/mol. The summed E-state index contributed by atoms with van der Waals surface area (Å²) in [6.07, 6.45) is 1.64. The number of carbonyl (C=O) groups is 1. The van der Waals surface area contributed by atoms with E-state index in [9.17, 15) is 4.79 Å². The normalized spacial score (nSPS) is 12.0. The number of rotatable bonds is 11. The van der Waals surface area contributed by atoms with Crippen LogP contribution in [0.25, 0.3) is 0 Å². The van der Waals surface area contributed by atoms with Gasteiger partial charge in [-0.15, -0.1) is 10.2 Å². The van der Waals surface area contributed by atoms with Gasteiger partial charge in [0, 0.05) is 36.5 Å². The summed E-state index contributed by atoms with van der Waals surface area (Å²) >= 11 is 7.36. The van der Waals surface area contributed by atoms with Gasteiger partial charge < -0.3 is 14.8 Å². The van der Waals surface area contributed by atoms with E-state index < -0.39 is 0 Å². The third-order valence-electron chi connectivity index (χ3n) is 5.22. The molecule has 0 aliphatic rings. The van der Waals surface area contributed by atoms with Gasteiger partial charge in [0.25, 0.3) is 5.91 Å². The van der Waals surface area contributed by atoms with E-state index in [1.54, 1.807) is 6.21 Å². The summed E-state index contributed by atoms with van der Waals surface area (Å²) in [4.78, 5) is 14.5. The van der Waals surface area contributed by atoms with Crippen LogP contribution in [0.15, 0.2) is 58.8 Å². The Bertz CT molecular complexity index is 1110. The van der Waals surface area contributed by atoms with Crippen LogP contribution < -0.4 is 15.6 Å². The topological polar surface area (TPSA) is 87.4 Å². The van der Waals surface area contributed by atoms with Gasteiger partial charge in [-0.1, -0.05) is 41.6 Å². The number of halogens is 1. The van der Waals surface area contributed by atoms with Crippen molar-refractivity contribution in [3.63, 3.8) is 0 Å². The van der Waals surface area contributed by atoms with Gasteiger partial charge >= 0.3 is 0 Å². The number of thioether (sulfide) groups is 1. The number of hydrazone groups is 1. The first kappa shape index (κ1) is 25.6. The molecule has 0 spiro atoms.